The Morgan fingerprint density at radius 1 is 1.06 bits per heavy atom. The predicted octanol–water partition coefficient (Wildman–Crippen LogP) is 5.03. The van der Waals surface area contributed by atoms with Crippen molar-refractivity contribution in [1.29, 1.82) is 0 Å². The number of aromatic nitrogens is 2. The summed E-state index contributed by atoms with van der Waals surface area (Å²) in [5, 5.41) is 3.97. The third-order valence-electron chi connectivity index (χ3n) is 5.77. The Labute approximate surface area is 207 Å². The van der Waals surface area contributed by atoms with Gasteiger partial charge in [0.2, 0.25) is 12.7 Å². The van der Waals surface area contributed by atoms with Gasteiger partial charge >= 0.3 is 0 Å². The molecule has 35 heavy (non-hydrogen) atoms. The minimum atomic E-state index is -0.159. The number of hydrogen-bond donors (Lipinski definition) is 1. The van der Waals surface area contributed by atoms with Crippen LogP contribution in [0.15, 0.2) is 76.7 Å². The molecule has 0 bridgehead atoms. The fourth-order valence-electron chi connectivity index (χ4n) is 3.92. The van der Waals surface area contributed by atoms with Crippen molar-refractivity contribution in [3.63, 3.8) is 0 Å². The van der Waals surface area contributed by atoms with Crippen LogP contribution in [0.5, 0.6) is 11.5 Å². The van der Waals surface area contributed by atoms with Gasteiger partial charge in [-0.15, -0.1) is 0 Å². The minimum Gasteiger partial charge on any atom is -0.454 e. The first-order valence-corrected chi connectivity index (χ1v) is 12.4. The number of carbonyl (C=O) groups excluding carboxylic acids is 1. The van der Waals surface area contributed by atoms with Crippen LogP contribution in [0.2, 0.25) is 0 Å². The molecule has 1 aliphatic rings. The highest BCUT2D eigenvalue weighted by Gasteiger charge is 2.17. The number of hydrogen-bond acceptors (Lipinski definition) is 6. The molecule has 1 aromatic heterocycles. The van der Waals surface area contributed by atoms with Gasteiger partial charge in [0.1, 0.15) is 0 Å². The van der Waals surface area contributed by atoms with E-state index >= 15 is 0 Å². The second kappa shape index (κ2) is 9.84. The lowest BCUT2D eigenvalue weighted by atomic mass is 10.0. The first kappa shape index (κ1) is 23.0. The van der Waals surface area contributed by atoms with Crippen molar-refractivity contribution in [2.24, 2.45) is 0 Å². The molecule has 1 N–H and O–H groups in total. The fraction of sp³-hybridized carbons (Fsp3) is 0.222. The van der Waals surface area contributed by atoms with Gasteiger partial charge in [-0.25, -0.2) is 4.98 Å². The number of amides is 1. The molecule has 0 saturated carbocycles. The summed E-state index contributed by atoms with van der Waals surface area (Å²) < 4.78 is 12.5. The van der Waals surface area contributed by atoms with Crippen molar-refractivity contribution in [1.82, 2.24) is 9.55 Å². The first-order chi connectivity index (χ1) is 17.0. The molecule has 3 aromatic carbocycles. The van der Waals surface area contributed by atoms with Gasteiger partial charge in [0.15, 0.2) is 16.7 Å². The number of nitrogens with one attached hydrogen (secondary N) is 1. The summed E-state index contributed by atoms with van der Waals surface area (Å²) in [4.78, 5) is 30.8. The van der Waals surface area contributed by atoms with Crippen LogP contribution in [0.3, 0.4) is 0 Å². The van der Waals surface area contributed by atoms with Gasteiger partial charge in [-0.1, -0.05) is 55.9 Å². The van der Waals surface area contributed by atoms with Crippen LogP contribution in [0.4, 0.5) is 5.69 Å². The van der Waals surface area contributed by atoms with Crippen LogP contribution < -0.4 is 20.3 Å². The third kappa shape index (κ3) is 5.02. The molecule has 0 atom stereocenters. The fourth-order valence-corrected chi connectivity index (χ4v) is 4.72. The minimum absolute atomic E-state index is 0.123. The Morgan fingerprint density at radius 2 is 1.89 bits per heavy atom. The van der Waals surface area contributed by atoms with Crippen molar-refractivity contribution in [3.05, 3.63) is 88.2 Å². The average molecular weight is 488 g/mol. The monoisotopic (exact) mass is 487 g/mol. The van der Waals surface area contributed by atoms with Crippen LogP contribution in [-0.4, -0.2) is 28.0 Å². The van der Waals surface area contributed by atoms with Gasteiger partial charge in [-0.2, -0.15) is 0 Å². The van der Waals surface area contributed by atoms with Crippen LogP contribution in [0, 0.1) is 0 Å². The number of thioether (sulfide) groups is 1. The third-order valence-corrected chi connectivity index (χ3v) is 6.75. The topological polar surface area (TPSA) is 82.5 Å². The summed E-state index contributed by atoms with van der Waals surface area (Å²) in [5.74, 6) is 1.67. The predicted molar refractivity (Wildman–Crippen MR) is 138 cm³/mol. The number of para-hydroxylation sites is 1. The number of anilines is 1. The Bertz CT molecular complexity index is 1460. The number of carbonyl (C=O) groups is 1. The maximum atomic E-state index is 13.4. The number of fused-ring (bicyclic) bond motifs is 2. The van der Waals surface area contributed by atoms with Crippen molar-refractivity contribution in [2.45, 2.75) is 31.5 Å². The molecule has 5 rings (SSSR count). The molecular formula is C27H25N3O4S. The summed E-state index contributed by atoms with van der Waals surface area (Å²) in [6.45, 7) is 4.71. The van der Waals surface area contributed by atoms with Crippen LogP contribution in [-0.2, 0) is 11.3 Å². The van der Waals surface area contributed by atoms with E-state index in [1.165, 1.54) is 11.8 Å². The molecule has 0 saturated heterocycles. The lowest BCUT2D eigenvalue weighted by Crippen LogP contribution is -2.25. The van der Waals surface area contributed by atoms with E-state index in [2.05, 4.69) is 19.2 Å². The van der Waals surface area contributed by atoms with E-state index in [1.807, 2.05) is 60.7 Å². The zero-order valence-electron chi connectivity index (χ0n) is 19.5. The molecule has 178 valence electrons. The van der Waals surface area contributed by atoms with Gasteiger partial charge in [0.25, 0.3) is 5.56 Å². The highest BCUT2D eigenvalue weighted by atomic mass is 32.2. The molecule has 0 aliphatic carbocycles. The first-order valence-electron chi connectivity index (χ1n) is 11.4. The summed E-state index contributed by atoms with van der Waals surface area (Å²) in [5.41, 5.74) is 3.24. The van der Waals surface area contributed by atoms with E-state index in [1.54, 1.807) is 10.6 Å². The SMILES string of the molecule is CC(C)c1cccc(NC(=O)CSc2nc3ccccc3c(=O)n2Cc2ccc3c(c2)OCO3)c1. The molecule has 7 nitrogen and oxygen atoms in total. The van der Waals surface area contributed by atoms with E-state index < -0.39 is 0 Å². The van der Waals surface area contributed by atoms with Gasteiger partial charge < -0.3 is 14.8 Å². The molecule has 0 spiro atoms. The maximum Gasteiger partial charge on any atom is 0.262 e. The quantitative estimate of drug-likeness (QED) is 0.291. The van der Waals surface area contributed by atoms with E-state index in [9.17, 15) is 9.59 Å². The Hall–Kier alpha value is -3.78. The second-order valence-corrected chi connectivity index (χ2v) is 9.55. The van der Waals surface area contributed by atoms with Gasteiger partial charge in [0.05, 0.1) is 23.2 Å². The molecule has 1 aliphatic heterocycles. The molecule has 1 amide bonds. The number of nitrogens with zero attached hydrogens (tertiary/aromatic N) is 2. The smallest absolute Gasteiger partial charge is 0.262 e. The lowest BCUT2D eigenvalue weighted by molar-refractivity contribution is -0.113. The summed E-state index contributed by atoms with van der Waals surface area (Å²) in [6, 6.07) is 20.7. The van der Waals surface area contributed by atoms with Gasteiger partial charge in [0, 0.05) is 5.69 Å². The number of ether oxygens (including phenoxy) is 2. The summed E-state index contributed by atoms with van der Waals surface area (Å²) in [7, 11) is 0. The van der Waals surface area contributed by atoms with Gasteiger partial charge in [-0.3, -0.25) is 14.2 Å². The van der Waals surface area contributed by atoms with Gasteiger partial charge in [-0.05, 0) is 53.4 Å². The molecule has 8 heteroatoms. The molecule has 4 aromatic rings. The molecular weight excluding hydrogens is 462 g/mol. The largest absolute Gasteiger partial charge is 0.454 e. The zero-order chi connectivity index (χ0) is 24.4. The lowest BCUT2D eigenvalue weighted by Gasteiger charge is -2.14. The van der Waals surface area contributed by atoms with Crippen molar-refractivity contribution >= 4 is 34.3 Å². The highest BCUT2D eigenvalue weighted by Crippen LogP contribution is 2.33. The van der Waals surface area contributed by atoms with Crippen molar-refractivity contribution in [2.75, 3.05) is 17.9 Å². The number of benzene rings is 3. The van der Waals surface area contributed by atoms with E-state index in [0.717, 1.165) is 16.8 Å². The van der Waals surface area contributed by atoms with E-state index in [4.69, 9.17) is 14.5 Å². The summed E-state index contributed by atoms with van der Waals surface area (Å²) in [6.07, 6.45) is 0. The standard InChI is InChI=1S/C27H25N3O4S/c1-17(2)19-6-5-7-20(13-19)28-25(31)15-35-27-29-22-9-4-3-8-21(22)26(32)30(27)14-18-10-11-23-24(12-18)34-16-33-23/h3-13,17H,14-16H2,1-2H3,(H,28,31). The maximum absolute atomic E-state index is 13.4. The van der Waals surface area contributed by atoms with E-state index in [-0.39, 0.29) is 24.0 Å². The Kier molecular flexibility index (Phi) is 6.46. The number of rotatable bonds is 7. The Balaban J connectivity index is 1.40. The summed E-state index contributed by atoms with van der Waals surface area (Å²) >= 11 is 1.24. The van der Waals surface area contributed by atoms with Crippen LogP contribution in [0.25, 0.3) is 10.9 Å². The van der Waals surface area contributed by atoms with E-state index in [0.29, 0.717) is 40.0 Å². The second-order valence-electron chi connectivity index (χ2n) is 8.61. The Morgan fingerprint density at radius 3 is 2.74 bits per heavy atom. The van der Waals surface area contributed by atoms with Crippen molar-refractivity contribution < 1.29 is 14.3 Å². The molecule has 0 unspecified atom stereocenters. The van der Waals surface area contributed by atoms with Crippen LogP contribution >= 0.6 is 11.8 Å². The molecule has 0 fully saturated rings. The zero-order valence-corrected chi connectivity index (χ0v) is 20.3. The highest BCUT2D eigenvalue weighted by molar-refractivity contribution is 7.99. The molecule has 2 heterocycles. The normalized spacial score (nSPS) is 12.3. The average Bonchev–Trinajstić information content (AvgIpc) is 3.33. The van der Waals surface area contributed by atoms with Crippen LogP contribution in [0.1, 0.15) is 30.9 Å². The van der Waals surface area contributed by atoms with Crippen molar-refractivity contribution in [3.8, 4) is 11.5 Å². The molecule has 0 radical (unpaired) electrons.